The van der Waals surface area contributed by atoms with E-state index in [2.05, 4.69) is 53.8 Å². The molecule has 1 atom stereocenters. The lowest BCUT2D eigenvalue weighted by atomic mass is 10.0. The van der Waals surface area contributed by atoms with Crippen LogP contribution in [0.5, 0.6) is 0 Å². The van der Waals surface area contributed by atoms with Crippen molar-refractivity contribution in [2.24, 2.45) is 0 Å². The van der Waals surface area contributed by atoms with E-state index in [9.17, 15) is 0 Å². The Morgan fingerprint density at radius 2 is 2.21 bits per heavy atom. The summed E-state index contributed by atoms with van der Waals surface area (Å²) in [5, 5.41) is 8.20. The molecule has 0 saturated carbocycles. The smallest absolute Gasteiger partial charge is 0.0897 e. The zero-order valence-electron chi connectivity index (χ0n) is 11.0. The predicted molar refractivity (Wildman–Crippen MR) is 84.2 cm³/mol. The lowest BCUT2D eigenvalue weighted by Gasteiger charge is -2.17. The third-order valence-electron chi connectivity index (χ3n) is 3.15. The van der Waals surface area contributed by atoms with E-state index in [1.54, 1.807) is 11.3 Å². The minimum absolute atomic E-state index is 0.249. The van der Waals surface area contributed by atoms with Gasteiger partial charge in [0.05, 0.1) is 11.0 Å². The molecule has 0 spiro atoms. The summed E-state index contributed by atoms with van der Waals surface area (Å²) in [6, 6.07) is 8.98. The van der Waals surface area contributed by atoms with E-state index in [-0.39, 0.29) is 6.04 Å². The fourth-order valence-corrected chi connectivity index (χ4v) is 4.15. The SMILES string of the molecule is CCNC(c1cnc(C)s1)c1cccc2ccsc12. The lowest BCUT2D eigenvalue weighted by molar-refractivity contribution is 0.643. The van der Waals surface area contributed by atoms with Gasteiger partial charge in [0.1, 0.15) is 0 Å². The Hall–Kier alpha value is -1.23. The van der Waals surface area contributed by atoms with Gasteiger partial charge < -0.3 is 5.32 Å². The first kappa shape index (κ1) is 12.8. The van der Waals surface area contributed by atoms with Crippen LogP contribution in [0.25, 0.3) is 10.1 Å². The van der Waals surface area contributed by atoms with Crippen molar-refractivity contribution in [3.8, 4) is 0 Å². The van der Waals surface area contributed by atoms with Crippen molar-refractivity contribution in [3.05, 3.63) is 51.3 Å². The molecule has 2 heterocycles. The number of thiophene rings is 1. The number of hydrogen-bond donors (Lipinski definition) is 1. The molecule has 0 saturated heterocycles. The van der Waals surface area contributed by atoms with Crippen molar-refractivity contribution >= 4 is 32.8 Å². The fourth-order valence-electron chi connectivity index (χ4n) is 2.32. The molecule has 19 heavy (non-hydrogen) atoms. The van der Waals surface area contributed by atoms with Gasteiger partial charge in [0.2, 0.25) is 0 Å². The van der Waals surface area contributed by atoms with Gasteiger partial charge in [0, 0.05) is 15.8 Å². The van der Waals surface area contributed by atoms with Crippen molar-refractivity contribution in [2.75, 3.05) is 6.54 Å². The van der Waals surface area contributed by atoms with Gasteiger partial charge in [0.15, 0.2) is 0 Å². The van der Waals surface area contributed by atoms with Gasteiger partial charge in [-0.15, -0.1) is 22.7 Å². The zero-order valence-corrected chi connectivity index (χ0v) is 12.6. The molecule has 0 amide bonds. The number of thiazole rings is 1. The van der Waals surface area contributed by atoms with E-state index >= 15 is 0 Å². The molecule has 1 N–H and O–H groups in total. The number of fused-ring (bicyclic) bond motifs is 1. The number of aromatic nitrogens is 1. The number of nitrogens with zero attached hydrogens (tertiary/aromatic N) is 1. The van der Waals surface area contributed by atoms with E-state index in [1.807, 2.05) is 17.5 Å². The quantitative estimate of drug-likeness (QED) is 0.771. The zero-order chi connectivity index (χ0) is 13.2. The first-order valence-corrected chi connectivity index (χ1v) is 8.11. The maximum absolute atomic E-state index is 4.39. The van der Waals surface area contributed by atoms with Crippen molar-refractivity contribution in [2.45, 2.75) is 19.9 Å². The van der Waals surface area contributed by atoms with Crippen LogP contribution in [-0.2, 0) is 0 Å². The summed E-state index contributed by atoms with van der Waals surface area (Å²) in [7, 11) is 0. The van der Waals surface area contributed by atoms with Crippen LogP contribution in [0.2, 0.25) is 0 Å². The molecule has 3 aromatic rings. The molecule has 3 rings (SSSR count). The Labute approximate surface area is 121 Å². The minimum atomic E-state index is 0.249. The van der Waals surface area contributed by atoms with Gasteiger partial charge in [-0.05, 0) is 35.9 Å². The van der Waals surface area contributed by atoms with Gasteiger partial charge in [-0.1, -0.05) is 25.1 Å². The Morgan fingerprint density at radius 1 is 1.32 bits per heavy atom. The summed E-state index contributed by atoms with van der Waals surface area (Å²) in [6.07, 6.45) is 2.00. The van der Waals surface area contributed by atoms with E-state index in [1.165, 1.54) is 20.5 Å². The van der Waals surface area contributed by atoms with Crippen molar-refractivity contribution < 1.29 is 0 Å². The maximum atomic E-state index is 4.39. The van der Waals surface area contributed by atoms with Crippen LogP contribution in [0.4, 0.5) is 0 Å². The molecule has 0 bridgehead atoms. The molecule has 0 radical (unpaired) electrons. The molecular formula is C15H16N2S2. The van der Waals surface area contributed by atoms with Gasteiger partial charge >= 0.3 is 0 Å². The molecular weight excluding hydrogens is 272 g/mol. The van der Waals surface area contributed by atoms with Crippen molar-refractivity contribution in [1.29, 1.82) is 0 Å². The van der Waals surface area contributed by atoms with E-state index in [4.69, 9.17) is 0 Å². The summed E-state index contributed by atoms with van der Waals surface area (Å²) >= 11 is 3.59. The van der Waals surface area contributed by atoms with Crippen LogP contribution in [-0.4, -0.2) is 11.5 Å². The van der Waals surface area contributed by atoms with Crippen molar-refractivity contribution in [3.63, 3.8) is 0 Å². The van der Waals surface area contributed by atoms with Crippen LogP contribution >= 0.6 is 22.7 Å². The van der Waals surface area contributed by atoms with E-state index < -0.39 is 0 Å². The summed E-state index contributed by atoms with van der Waals surface area (Å²) in [5.74, 6) is 0. The highest BCUT2D eigenvalue weighted by Gasteiger charge is 2.18. The summed E-state index contributed by atoms with van der Waals surface area (Å²) in [6.45, 7) is 5.15. The van der Waals surface area contributed by atoms with Crippen LogP contribution in [0.3, 0.4) is 0 Å². The molecule has 1 unspecified atom stereocenters. The molecule has 4 heteroatoms. The van der Waals surface area contributed by atoms with Gasteiger partial charge in [-0.2, -0.15) is 0 Å². The Bertz CT molecular complexity index is 684. The average molecular weight is 288 g/mol. The van der Waals surface area contributed by atoms with Crippen LogP contribution in [0.1, 0.15) is 28.4 Å². The highest BCUT2D eigenvalue weighted by atomic mass is 32.1. The highest BCUT2D eigenvalue weighted by Crippen LogP contribution is 2.34. The standard InChI is InChI=1S/C15H16N2S2/c1-3-16-14(13-9-17-10(2)19-13)12-6-4-5-11-7-8-18-15(11)12/h4-9,14,16H,3H2,1-2H3. The number of rotatable bonds is 4. The van der Waals surface area contributed by atoms with E-state index in [0.717, 1.165) is 11.6 Å². The van der Waals surface area contributed by atoms with Crippen LogP contribution < -0.4 is 5.32 Å². The Morgan fingerprint density at radius 3 is 2.95 bits per heavy atom. The second-order valence-electron chi connectivity index (χ2n) is 4.46. The third-order valence-corrected chi connectivity index (χ3v) is 5.11. The molecule has 0 aliphatic heterocycles. The normalized spacial score (nSPS) is 12.9. The van der Waals surface area contributed by atoms with Crippen molar-refractivity contribution in [1.82, 2.24) is 10.3 Å². The lowest BCUT2D eigenvalue weighted by Crippen LogP contribution is -2.21. The monoisotopic (exact) mass is 288 g/mol. The summed E-state index contributed by atoms with van der Waals surface area (Å²) < 4.78 is 1.37. The number of aryl methyl sites for hydroxylation is 1. The Balaban J connectivity index is 2.11. The Kier molecular flexibility index (Phi) is 3.64. The molecule has 0 aliphatic rings. The molecule has 98 valence electrons. The third kappa shape index (κ3) is 2.43. The first-order valence-electron chi connectivity index (χ1n) is 6.41. The summed E-state index contributed by atoms with van der Waals surface area (Å²) in [4.78, 5) is 5.69. The molecule has 0 aliphatic carbocycles. The average Bonchev–Trinajstić information content (AvgIpc) is 3.04. The fraction of sp³-hybridized carbons (Fsp3) is 0.267. The second kappa shape index (κ2) is 5.41. The predicted octanol–water partition coefficient (Wildman–Crippen LogP) is 4.37. The second-order valence-corrected chi connectivity index (χ2v) is 6.64. The van der Waals surface area contributed by atoms with Gasteiger partial charge in [-0.3, -0.25) is 0 Å². The molecule has 2 aromatic heterocycles. The largest absolute Gasteiger partial charge is 0.306 e. The van der Waals surface area contributed by atoms with Gasteiger partial charge in [0.25, 0.3) is 0 Å². The first-order chi connectivity index (χ1) is 9.29. The maximum Gasteiger partial charge on any atom is 0.0897 e. The molecule has 2 nitrogen and oxygen atoms in total. The van der Waals surface area contributed by atoms with E-state index in [0.29, 0.717) is 0 Å². The summed E-state index contributed by atoms with van der Waals surface area (Å²) in [5.41, 5.74) is 1.36. The highest BCUT2D eigenvalue weighted by molar-refractivity contribution is 7.17. The topological polar surface area (TPSA) is 24.9 Å². The van der Waals surface area contributed by atoms with Crippen LogP contribution in [0, 0.1) is 6.92 Å². The minimum Gasteiger partial charge on any atom is -0.306 e. The molecule has 1 aromatic carbocycles. The van der Waals surface area contributed by atoms with Crippen LogP contribution in [0.15, 0.2) is 35.8 Å². The molecule has 0 fully saturated rings. The number of hydrogen-bond acceptors (Lipinski definition) is 4. The number of benzene rings is 1. The number of nitrogens with one attached hydrogen (secondary N) is 1. The van der Waals surface area contributed by atoms with Gasteiger partial charge in [-0.25, -0.2) is 4.98 Å².